The van der Waals surface area contributed by atoms with Crippen molar-refractivity contribution < 1.29 is 14.0 Å². The Morgan fingerprint density at radius 3 is 3.05 bits per heavy atom. The SMILES string of the molecule is [2H]c1nc(-c2ccccc3ccc(C([2H])([2H])[2H])nc3oc2)c([2H])c([2H])c1[2H]. The van der Waals surface area contributed by atoms with E-state index in [4.69, 9.17) is 14.0 Å². The van der Waals surface area contributed by atoms with Crippen LogP contribution in [-0.2, 0) is 0 Å². The first kappa shape index (κ1) is 6.66. The van der Waals surface area contributed by atoms with E-state index in [1.165, 1.54) is 12.3 Å². The second kappa shape index (κ2) is 5.53. The molecule has 0 saturated carbocycles. The minimum atomic E-state index is -2.38. The molecule has 0 radical (unpaired) electrons. The first-order chi connectivity index (χ1) is 12.7. The lowest BCUT2D eigenvalue weighted by Gasteiger charge is -1.96. The molecule has 0 aliphatic carbocycles. The Labute approximate surface area is 127 Å². The Hall–Kier alpha value is -2.68. The average Bonchev–Trinajstić information content (AvgIpc) is 2.72. The van der Waals surface area contributed by atoms with E-state index in [0.717, 1.165) is 0 Å². The van der Waals surface area contributed by atoms with Crippen LogP contribution in [0.1, 0.15) is 15.3 Å². The maximum Gasteiger partial charge on any atom is 0.225 e. The van der Waals surface area contributed by atoms with Gasteiger partial charge in [0.15, 0.2) is 0 Å². The van der Waals surface area contributed by atoms with Crippen molar-refractivity contribution in [1.29, 1.82) is 0 Å². The van der Waals surface area contributed by atoms with Crippen LogP contribution in [-0.4, -0.2) is 9.97 Å². The molecule has 0 spiro atoms. The van der Waals surface area contributed by atoms with Gasteiger partial charge in [0.1, 0.15) is 6.26 Å². The highest BCUT2D eigenvalue weighted by molar-refractivity contribution is 5.72. The number of aryl methyl sites for hydroxylation is 1. The molecule has 98 valence electrons. The van der Waals surface area contributed by atoms with E-state index in [1.807, 2.05) is 0 Å². The van der Waals surface area contributed by atoms with Crippen LogP contribution in [0.3, 0.4) is 0 Å². The van der Waals surface area contributed by atoms with Crippen molar-refractivity contribution in [3.05, 3.63) is 72.7 Å². The Kier molecular flexibility index (Phi) is 1.84. The molecule has 0 aromatic carbocycles. The number of nitrogens with zero attached hydrogens (tertiary/aromatic N) is 2. The van der Waals surface area contributed by atoms with Gasteiger partial charge in [-0.05, 0) is 43.2 Å². The van der Waals surface area contributed by atoms with Crippen LogP contribution in [0.2, 0.25) is 0 Å². The smallest absolute Gasteiger partial charge is 0.225 e. The monoisotopic (exact) mass is 269 g/mol. The van der Waals surface area contributed by atoms with Gasteiger partial charge in [0.25, 0.3) is 0 Å². The Morgan fingerprint density at radius 1 is 1.15 bits per heavy atom. The van der Waals surface area contributed by atoms with E-state index in [-0.39, 0.29) is 23.1 Å². The van der Waals surface area contributed by atoms with Crippen LogP contribution < -0.4 is 0 Å². The molecule has 3 heterocycles. The molecule has 3 nitrogen and oxygen atoms in total. The maximum absolute atomic E-state index is 8.02. The fourth-order valence-electron chi connectivity index (χ4n) is 1.65. The minimum Gasteiger partial charge on any atom is -0.445 e. The molecular weight excluding hydrogens is 248 g/mol. The summed E-state index contributed by atoms with van der Waals surface area (Å²) in [5.74, 6) is 0. The van der Waals surface area contributed by atoms with Gasteiger partial charge in [0.05, 0.1) is 11.2 Å². The summed E-state index contributed by atoms with van der Waals surface area (Å²) in [6.07, 6.45) is 0.820. The summed E-state index contributed by atoms with van der Waals surface area (Å²) >= 11 is 0. The Balaban J connectivity index is 2.27. The van der Waals surface area contributed by atoms with Crippen LogP contribution in [0.25, 0.3) is 22.4 Å². The summed E-state index contributed by atoms with van der Waals surface area (Å²) < 4.78 is 59.1. The molecule has 0 bridgehead atoms. The quantitative estimate of drug-likeness (QED) is 0.660. The predicted octanol–water partition coefficient (Wildman–Crippen LogP) is 4.32. The fourth-order valence-corrected chi connectivity index (χ4v) is 1.65. The van der Waals surface area contributed by atoms with E-state index in [9.17, 15) is 0 Å². The molecule has 0 aliphatic rings. The first-order valence-corrected chi connectivity index (χ1v) is 5.86. The molecule has 20 heavy (non-hydrogen) atoms. The van der Waals surface area contributed by atoms with Gasteiger partial charge in [-0.2, -0.15) is 0 Å². The third kappa shape index (κ3) is 2.67. The van der Waals surface area contributed by atoms with E-state index >= 15 is 0 Å². The molecule has 0 aliphatic heterocycles. The van der Waals surface area contributed by atoms with Crippen molar-refractivity contribution in [3.8, 4) is 11.3 Å². The Bertz CT molecular complexity index is 1070. The van der Waals surface area contributed by atoms with Crippen LogP contribution >= 0.6 is 0 Å². The van der Waals surface area contributed by atoms with Gasteiger partial charge in [-0.15, -0.1) is 0 Å². The minimum absolute atomic E-state index is 0.0149. The van der Waals surface area contributed by atoms with Crippen molar-refractivity contribution in [2.24, 2.45) is 0 Å². The van der Waals surface area contributed by atoms with Crippen molar-refractivity contribution in [1.82, 2.24) is 9.97 Å². The van der Waals surface area contributed by atoms with Crippen molar-refractivity contribution in [2.45, 2.75) is 6.85 Å². The molecule has 0 fully saturated rings. The van der Waals surface area contributed by atoms with E-state index in [2.05, 4.69) is 9.97 Å². The van der Waals surface area contributed by atoms with E-state index in [1.54, 1.807) is 30.3 Å². The van der Waals surface area contributed by atoms with Gasteiger partial charge < -0.3 is 4.42 Å². The standard InChI is InChI=1S/C17H14N2O/c1-13-9-10-14-6-2-3-7-15(12-20-17(14)19-13)16-8-4-5-11-18-16/h2-12H,1H3/i1D3,4D,5D,8D,11D. The molecule has 3 aromatic rings. The summed E-state index contributed by atoms with van der Waals surface area (Å²) in [6.45, 7) is -2.38. The number of hydrogen-bond donors (Lipinski definition) is 0. The van der Waals surface area contributed by atoms with Gasteiger partial charge in [-0.1, -0.05) is 18.2 Å². The summed E-state index contributed by atoms with van der Waals surface area (Å²) in [5, 5.41) is 0.563. The lowest BCUT2D eigenvalue weighted by molar-refractivity contribution is 0.594. The highest BCUT2D eigenvalue weighted by Gasteiger charge is 1.97. The molecule has 3 rings (SSSR count). The molecule has 0 N–H and O–H groups in total. The highest BCUT2D eigenvalue weighted by atomic mass is 16.3. The third-order valence-electron chi connectivity index (χ3n) is 2.59. The van der Waals surface area contributed by atoms with Crippen molar-refractivity contribution in [3.63, 3.8) is 0 Å². The Morgan fingerprint density at radius 2 is 2.10 bits per heavy atom. The average molecular weight is 269 g/mol. The molecule has 0 atom stereocenters. The topological polar surface area (TPSA) is 38.9 Å². The number of fused-ring (bicyclic) bond motifs is 1. The van der Waals surface area contributed by atoms with Gasteiger partial charge in [0.2, 0.25) is 5.71 Å². The number of rotatable bonds is 1. The maximum atomic E-state index is 8.02. The fraction of sp³-hybridized carbons (Fsp3) is 0.0588. The molecule has 0 saturated heterocycles. The number of aromatic nitrogens is 2. The second-order valence-corrected chi connectivity index (χ2v) is 3.95. The zero-order valence-corrected chi connectivity index (χ0v) is 10.3. The van der Waals surface area contributed by atoms with E-state index < -0.39 is 25.1 Å². The highest BCUT2D eigenvalue weighted by Crippen LogP contribution is 2.16. The molecule has 3 aromatic heterocycles. The van der Waals surface area contributed by atoms with Crippen LogP contribution in [0.5, 0.6) is 0 Å². The second-order valence-electron chi connectivity index (χ2n) is 3.95. The lowest BCUT2D eigenvalue weighted by Crippen LogP contribution is -1.80. The molecular formula is C17H14N2O. The molecule has 3 heteroatoms. The molecule has 0 unspecified atom stereocenters. The third-order valence-corrected chi connectivity index (χ3v) is 2.59. The van der Waals surface area contributed by atoms with Crippen LogP contribution in [0.15, 0.2) is 71.4 Å². The summed E-state index contributed by atoms with van der Waals surface area (Å²) in [7, 11) is 0. The van der Waals surface area contributed by atoms with Crippen LogP contribution in [0.4, 0.5) is 0 Å². The van der Waals surface area contributed by atoms with Gasteiger partial charge in [-0.25, -0.2) is 4.98 Å². The summed E-state index contributed by atoms with van der Waals surface area (Å²) in [4.78, 5) is 7.96. The van der Waals surface area contributed by atoms with Gasteiger partial charge in [0, 0.05) is 26.9 Å². The first-order valence-electron chi connectivity index (χ1n) is 9.36. The van der Waals surface area contributed by atoms with E-state index in [0.29, 0.717) is 10.9 Å². The summed E-state index contributed by atoms with van der Waals surface area (Å²) in [5.41, 5.74) is 0.264. The lowest BCUT2D eigenvalue weighted by atomic mass is 10.2. The largest absolute Gasteiger partial charge is 0.445 e. The normalized spacial score (nSPS) is 15.9. The predicted molar refractivity (Wildman–Crippen MR) is 79.6 cm³/mol. The summed E-state index contributed by atoms with van der Waals surface area (Å²) in [6, 6.07) is 8.46. The zero-order chi connectivity index (χ0) is 19.8. The van der Waals surface area contributed by atoms with Crippen LogP contribution in [0, 0.1) is 6.85 Å². The van der Waals surface area contributed by atoms with Gasteiger partial charge >= 0.3 is 0 Å². The number of hydrogen-bond acceptors (Lipinski definition) is 3. The van der Waals surface area contributed by atoms with Crippen molar-refractivity contribution >= 4 is 11.1 Å². The zero-order valence-electron chi connectivity index (χ0n) is 17.3. The van der Waals surface area contributed by atoms with Gasteiger partial charge in [-0.3, -0.25) is 4.98 Å². The van der Waals surface area contributed by atoms with Crippen molar-refractivity contribution in [2.75, 3.05) is 0 Å². The number of pyridine rings is 2. The molecule has 0 amide bonds.